The molecule has 1 aliphatic heterocycles. The highest BCUT2D eigenvalue weighted by atomic mass is 19.1. The molecule has 10 heteroatoms. The number of piperidine rings is 1. The molecule has 6 aromatic rings. The molecular formula is C31H27FN8O. The molecule has 1 amide bonds. The molecule has 1 saturated heterocycles. The quantitative estimate of drug-likeness (QED) is 0.213. The van der Waals surface area contributed by atoms with Gasteiger partial charge in [-0.15, -0.1) is 0 Å². The van der Waals surface area contributed by atoms with E-state index in [-0.39, 0.29) is 11.7 Å². The Bertz CT molecular complexity index is 1890. The molecule has 4 N–H and O–H groups in total. The number of carbonyl (C=O) groups is 1. The van der Waals surface area contributed by atoms with E-state index in [1.54, 1.807) is 37.1 Å². The van der Waals surface area contributed by atoms with Gasteiger partial charge in [0.25, 0.3) is 0 Å². The average Bonchev–Trinajstić information content (AvgIpc) is 3.61. The Balaban J connectivity index is 1.19. The SMILES string of the molecule is O=C(CC1CCNCC1)Nc1cncc(-c2cc3c(-c4cc5c(-c6cccc(F)c6)cncc5[nH]4)n[nH]c3cn2)c1. The van der Waals surface area contributed by atoms with E-state index in [1.807, 2.05) is 24.3 Å². The van der Waals surface area contributed by atoms with Gasteiger partial charge in [0.1, 0.15) is 11.5 Å². The van der Waals surface area contributed by atoms with E-state index in [4.69, 9.17) is 0 Å². The molecule has 9 nitrogen and oxygen atoms in total. The number of hydrogen-bond donors (Lipinski definition) is 4. The molecular weight excluding hydrogens is 519 g/mol. The summed E-state index contributed by atoms with van der Waals surface area (Å²) < 4.78 is 13.9. The minimum absolute atomic E-state index is 0.00212. The molecule has 5 aromatic heterocycles. The summed E-state index contributed by atoms with van der Waals surface area (Å²) >= 11 is 0. The fourth-order valence-electron chi connectivity index (χ4n) is 5.55. The van der Waals surface area contributed by atoms with E-state index in [9.17, 15) is 9.18 Å². The summed E-state index contributed by atoms with van der Waals surface area (Å²) in [7, 11) is 0. The van der Waals surface area contributed by atoms with Crippen LogP contribution in [0.2, 0.25) is 0 Å². The minimum Gasteiger partial charge on any atom is -0.352 e. The Morgan fingerprint density at radius 3 is 2.68 bits per heavy atom. The lowest BCUT2D eigenvalue weighted by Crippen LogP contribution is -2.30. The van der Waals surface area contributed by atoms with Gasteiger partial charge < -0.3 is 15.6 Å². The molecule has 6 heterocycles. The highest BCUT2D eigenvalue weighted by molar-refractivity contribution is 6.01. The van der Waals surface area contributed by atoms with Crippen molar-refractivity contribution < 1.29 is 9.18 Å². The Labute approximate surface area is 234 Å². The second kappa shape index (κ2) is 10.5. The lowest BCUT2D eigenvalue weighted by molar-refractivity contribution is -0.117. The van der Waals surface area contributed by atoms with Crippen LogP contribution in [0.1, 0.15) is 19.3 Å². The van der Waals surface area contributed by atoms with E-state index in [1.165, 1.54) is 12.1 Å². The molecule has 7 rings (SSSR count). The third-order valence-electron chi connectivity index (χ3n) is 7.63. The molecule has 0 unspecified atom stereocenters. The van der Waals surface area contributed by atoms with Crippen molar-refractivity contribution in [2.24, 2.45) is 5.92 Å². The average molecular weight is 547 g/mol. The number of halogens is 1. The van der Waals surface area contributed by atoms with Crippen LogP contribution in [0.3, 0.4) is 0 Å². The topological polar surface area (TPSA) is 124 Å². The van der Waals surface area contributed by atoms with Gasteiger partial charge in [-0.2, -0.15) is 5.10 Å². The maximum absolute atomic E-state index is 13.9. The fraction of sp³-hybridized carbons (Fsp3) is 0.194. The van der Waals surface area contributed by atoms with Crippen LogP contribution in [0.4, 0.5) is 10.1 Å². The van der Waals surface area contributed by atoms with Gasteiger partial charge >= 0.3 is 0 Å². The van der Waals surface area contributed by atoms with Crippen molar-refractivity contribution in [3.63, 3.8) is 0 Å². The number of nitrogens with zero attached hydrogens (tertiary/aromatic N) is 4. The third-order valence-corrected chi connectivity index (χ3v) is 7.63. The van der Waals surface area contributed by atoms with E-state index in [0.29, 0.717) is 23.7 Å². The molecule has 0 aliphatic carbocycles. The van der Waals surface area contributed by atoms with Crippen LogP contribution in [0, 0.1) is 11.7 Å². The lowest BCUT2D eigenvalue weighted by Gasteiger charge is -2.21. The number of fused-ring (bicyclic) bond motifs is 2. The third kappa shape index (κ3) is 5.05. The van der Waals surface area contributed by atoms with Crippen LogP contribution < -0.4 is 10.6 Å². The van der Waals surface area contributed by atoms with Gasteiger partial charge in [0.2, 0.25) is 5.91 Å². The van der Waals surface area contributed by atoms with Crippen LogP contribution in [0.5, 0.6) is 0 Å². The number of hydrogen-bond acceptors (Lipinski definition) is 6. The maximum atomic E-state index is 13.9. The van der Waals surface area contributed by atoms with Crippen LogP contribution in [0.25, 0.3) is 55.6 Å². The molecule has 1 aromatic carbocycles. The number of pyridine rings is 3. The van der Waals surface area contributed by atoms with E-state index in [0.717, 1.165) is 75.8 Å². The first-order valence-electron chi connectivity index (χ1n) is 13.6. The number of aromatic amines is 2. The first-order chi connectivity index (χ1) is 20.1. The van der Waals surface area contributed by atoms with Crippen molar-refractivity contribution in [3.05, 3.63) is 79.3 Å². The first kappa shape index (κ1) is 25.0. The molecule has 0 spiro atoms. The van der Waals surface area contributed by atoms with E-state index < -0.39 is 0 Å². The highest BCUT2D eigenvalue weighted by Crippen LogP contribution is 2.34. The molecule has 1 fully saturated rings. The molecule has 1 aliphatic rings. The van der Waals surface area contributed by atoms with Gasteiger partial charge in [-0.05, 0) is 67.7 Å². The maximum Gasteiger partial charge on any atom is 0.224 e. The minimum atomic E-state index is -0.298. The predicted molar refractivity (Wildman–Crippen MR) is 156 cm³/mol. The van der Waals surface area contributed by atoms with Gasteiger partial charge in [0.05, 0.1) is 46.7 Å². The molecule has 204 valence electrons. The predicted octanol–water partition coefficient (Wildman–Crippen LogP) is 5.70. The number of carbonyl (C=O) groups excluding carboxylic acids is 1. The van der Waals surface area contributed by atoms with Gasteiger partial charge in [0, 0.05) is 40.7 Å². The van der Waals surface area contributed by atoms with Crippen LogP contribution in [0.15, 0.2) is 73.4 Å². The first-order valence-corrected chi connectivity index (χ1v) is 13.6. The van der Waals surface area contributed by atoms with Crippen molar-refractivity contribution in [3.8, 4) is 33.8 Å². The van der Waals surface area contributed by atoms with E-state index >= 15 is 0 Å². The number of amides is 1. The normalized spacial score (nSPS) is 14.1. The molecule has 0 atom stereocenters. The van der Waals surface area contributed by atoms with Crippen molar-refractivity contribution in [2.75, 3.05) is 18.4 Å². The monoisotopic (exact) mass is 546 g/mol. The Morgan fingerprint density at radius 2 is 1.80 bits per heavy atom. The summed E-state index contributed by atoms with van der Waals surface area (Å²) in [6.45, 7) is 1.92. The summed E-state index contributed by atoms with van der Waals surface area (Å²) in [5.74, 6) is 0.108. The van der Waals surface area contributed by atoms with Gasteiger partial charge in [-0.3, -0.25) is 24.8 Å². The summed E-state index contributed by atoms with van der Waals surface area (Å²) in [5, 5.41) is 15.8. The van der Waals surface area contributed by atoms with Crippen LogP contribution >= 0.6 is 0 Å². The van der Waals surface area contributed by atoms with Gasteiger partial charge in [-0.1, -0.05) is 12.1 Å². The number of nitrogens with one attached hydrogen (secondary N) is 4. The number of benzene rings is 1. The van der Waals surface area contributed by atoms with Crippen LogP contribution in [-0.2, 0) is 4.79 Å². The number of rotatable bonds is 6. The van der Waals surface area contributed by atoms with E-state index in [2.05, 4.69) is 40.8 Å². The number of H-pyrrole nitrogens is 2. The number of aromatic nitrogens is 6. The van der Waals surface area contributed by atoms with Gasteiger partial charge in [0.15, 0.2) is 0 Å². The lowest BCUT2D eigenvalue weighted by atomic mass is 9.94. The van der Waals surface area contributed by atoms with Crippen molar-refractivity contribution in [2.45, 2.75) is 19.3 Å². The van der Waals surface area contributed by atoms with Crippen molar-refractivity contribution >= 4 is 33.4 Å². The fourth-order valence-corrected chi connectivity index (χ4v) is 5.55. The second-order valence-electron chi connectivity index (χ2n) is 10.4. The summed E-state index contributed by atoms with van der Waals surface area (Å²) in [5.41, 5.74) is 6.85. The Hall–Kier alpha value is -4.96. The van der Waals surface area contributed by atoms with Crippen molar-refractivity contribution in [1.29, 1.82) is 0 Å². The molecule has 0 radical (unpaired) electrons. The Morgan fingerprint density at radius 1 is 0.927 bits per heavy atom. The van der Waals surface area contributed by atoms with Crippen LogP contribution in [-0.4, -0.2) is 49.1 Å². The zero-order valence-electron chi connectivity index (χ0n) is 22.1. The number of anilines is 1. The molecule has 0 bridgehead atoms. The second-order valence-corrected chi connectivity index (χ2v) is 10.4. The Kier molecular flexibility index (Phi) is 6.44. The summed E-state index contributed by atoms with van der Waals surface area (Å²) in [6, 6.07) is 12.3. The van der Waals surface area contributed by atoms with Crippen molar-refractivity contribution in [1.82, 2.24) is 35.5 Å². The largest absolute Gasteiger partial charge is 0.352 e. The standard InChI is InChI=1S/C31H27FN8O/c32-21-3-1-2-19(9-21)25-15-35-16-28-23(25)11-27(38-28)31-24-12-26(36-17-29(24)39-40-31)20-10-22(14-34-13-20)37-30(41)8-18-4-6-33-7-5-18/h1-3,9-18,33,38H,4-8H2,(H,37,41)(H,39,40). The molecule has 0 saturated carbocycles. The van der Waals surface area contributed by atoms with Gasteiger partial charge in [-0.25, -0.2) is 4.39 Å². The summed E-state index contributed by atoms with van der Waals surface area (Å²) in [4.78, 5) is 29.4. The molecule has 41 heavy (non-hydrogen) atoms. The smallest absolute Gasteiger partial charge is 0.224 e. The highest BCUT2D eigenvalue weighted by Gasteiger charge is 2.18. The zero-order chi connectivity index (χ0) is 27.8. The zero-order valence-corrected chi connectivity index (χ0v) is 22.1. The summed E-state index contributed by atoms with van der Waals surface area (Å²) in [6.07, 6.45) is 11.2.